The second-order valence-corrected chi connectivity index (χ2v) is 8.56. The van der Waals surface area contributed by atoms with Crippen molar-refractivity contribution in [3.8, 4) is 11.5 Å². The number of carbonyl (C=O) groups is 1. The van der Waals surface area contributed by atoms with Gasteiger partial charge < -0.3 is 18.9 Å². The van der Waals surface area contributed by atoms with Gasteiger partial charge in [-0.1, -0.05) is 84.9 Å². The first-order valence-corrected chi connectivity index (χ1v) is 12.1. The Kier molecular flexibility index (Phi) is 7.46. The van der Waals surface area contributed by atoms with Gasteiger partial charge in [-0.25, -0.2) is 9.79 Å². The molecular weight excluding hydrogens is 466 g/mol. The average molecular weight is 494 g/mol. The molecule has 0 aromatic heterocycles. The number of hydrogen-bond donors (Lipinski definition) is 0. The fraction of sp³-hybridized carbons (Fsp3) is 0.161. The molecule has 1 aliphatic rings. The van der Waals surface area contributed by atoms with Crippen LogP contribution in [0, 0.1) is 0 Å². The van der Waals surface area contributed by atoms with Crippen LogP contribution in [-0.4, -0.2) is 25.0 Å². The molecule has 186 valence electrons. The van der Waals surface area contributed by atoms with Gasteiger partial charge in [-0.3, -0.25) is 0 Å². The normalized spacial score (nSPS) is 16.4. The van der Waals surface area contributed by atoms with Crippen LogP contribution in [0.3, 0.4) is 0 Å². The zero-order chi connectivity index (χ0) is 25.5. The fourth-order valence-electron chi connectivity index (χ4n) is 4.08. The lowest BCUT2D eigenvalue weighted by Gasteiger charge is -2.19. The first kappa shape index (κ1) is 24.1. The molecule has 0 aliphatic carbocycles. The van der Waals surface area contributed by atoms with E-state index in [1.54, 1.807) is 0 Å². The molecule has 37 heavy (non-hydrogen) atoms. The highest BCUT2D eigenvalue weighted by atomic mass is 16.5. The highest BCUT2D eigenvalue weighted by Crippen LogP contribution is 2.37. The van der Waals surface area contributed by atoms with Crippen LogP contribution in [0.2, 0.25) is 0 Å². The van der Waals surface area contributed by atoms with Crippen LogP contribution in [0.5, 0.6) is 11.5 Å². The van der Waals surface area contributed by atoms with E-state index in [0.717, 1.165) is 22.3 Å². The highest BCUT2D eigenvalue weighted by Gasteiger charge is 2.39. The Morgan fingerprint density at radius 3 is 1.92 bits per heavy atom. The van der Waals surface area contributed by atoms with E-state index in [4.69, 9.17) is 18.9 Å². The van der Waals surface area contributed by atoms with Crippen molar-refractivity contribution in [1.82, 2.24) is 0 Å². The quantitative estimate of drug-likeness (QED) is 0.272. The lowest BCUT2D eigenvalue weighted by molar-refractivity contribution is -0.143. The predicted octanol–water partition coefficient (Wildman–Crippen LogP) is 5.90. The number of nitrogens with zero attached hydrogens (tertiary/aromatic N) is 1. The van der Waals surface area contributed by atoms with E-state index in [0.29, 0.717) is 30.6 Å². The SMILES string of the molecule is COC(=O)[C@H]1N=C(c2ccccc2)O[C@@H]1c1ccc(OCc2ccccc2)c(OCc2ccccc2)c1. The van der Waals surface area contributed by atoms with Crippen molar-refractivity contribution in [3.63, 3.8) is 0 Å². The number of aliphatic imine (C=N–C) groups is 1. The van der Waals surface area contributed by atoms with Gasteiger partial charge in [-0.15, -0.1) is 0 Å². The first-order valence-electron chi connectivity index (χ1n) is 12.1. The Morgan fingerprint density at radius 2 is 1.32 bits per heavy atom. The third-order valence-corrected chi connectivity index (χ3v) is 6.02. The first-order chi connectivity index (χ1) is 18.2. The molecule has 4 aromatic carbocycles. The Balaban J connectivity index is 1.43. The van der Waals surface area contributed by atoms with Crippen molar-refractivity contribution >= 4 is 11.9 Å². The van der Waals surface area contributed by atoms with Crippen molar-refractivity contribution < 1.29 is 23.7 Å². The number of hydrogen-bond acceptors (Lipinski definition) is 6. The van der Waals surface area contributed by atoms with Crippen LogP contribution >= 0.6 is 0 Å². The second-order valence-electron chi connectivity index (χ2n) is 8.56. The minimum absolute atomic E-state index is 0.365. The number of benzene rings is 4. The van der Waals surface area contributed by atoms with Gasteiger partial charge in [0.25, 0.3) is 0 Å². The Morgan fingerprint density at radius 1 is 0.757 bits per heavy atom. The molecule has 0 fully saturated rings. The maximum absolute atomic E-state index is 12.6. The molecule has 2 atom stereocenters. The van der Waals surface area contributed by atoms with E-state index in [1.807, 2.05) is 109 Å². The molecule has 6 heteroatoms. The summed E-state index contributed by atoms with van der Waals surface area (Å²) in [5.74, 6) is 1.09. The highest BCUT2D eigenvalue weighted by molar-refractivity contribution is 5.98. The maximum atomic E-state index is 12.6. The fourth-order valence-corrected chi connectivity index (χ4v) is 4.08. The minimum Gasteiger partial charge on any atom is -0.485 e. The van der Waals surface area contributed by atoms with E-state index in [1.165, 1.54) is 7.11 Å². The molecular formula is C31H27NO5. The van der Waals surface area contributed by atoms with Gasteiger partial charge in [0.15, 0.2) is 23.6 Å². The zero-order valence-electron chi connectivity index (χ0n) is 20.4. The van der Waals surface area contributed by atoms with Crippen LogP contribution in [0.15, 0.2) is 114 Å². The third kappa shape index (κ3) is 5.81. The van der Waals surface area contributed by atoms with Gasteiger partial charge in [-0.05, 0) is 41.0 Å². The van der Waals surface area contributed by atoms with Crippen LogP contribution in [-0.2, 0) is 27.5 Å². The predicted molar refractivity (Wildman–Crippen MR) is 141 cm³/mol. The van der Waals surface area contributed by atoms with Crippen molar-refractivity contribution in [3.05, 3.63) is 131 Å². The van der Waals surface area contributed by atoms with E-state index < -0.39 is 18.1 Å². The smallest absolute Gasteiger partial charge is 0.335 e. The van der Waals surface area contributed by atoms with Gasteiger partial charge in [0.2, 0.25) is 5.90 Å². The number of rotatable bonds is 9. The van der Waals surface area contributed by atoms with Crippen molar-refractivity contribution in [2.75, 3.05) is 7.11 Å². The summed E-state index contributed by atoms with van der Waals surface area (Å²) in [4.78, 5) is 17.2. The Labute approximate surface area is 216 Å². The van der Waals surface area contributed by atoms with Gasteiger partial charge in [0, 0.05) is 5.56 Å². The van der Waals surface area contributed by atoms with Gasteiger partial charge in [0.1, 0.15) is 13.2 Å². The molecule has 0 N–H and O–H groups in total. The molecule has 0 radical (unpaired) electrons. The monoisotopic (exact) mass is 493 g/mol. The lowest BCUT2D eigenvalue weighted by Crippen LogP contribution is -2.25. The summed E-state index contributed by atoms with van der Waals surface area (Å²) < 4.78 is 23.6. The summed E-state index contributed by atoms with van der Waals surface area (Å²) in [7, 11) is 1.35. The van der Waals surface area contributed by atoms with Crippen LogP contribution in [0.25, 0.3) is 0 Å². The summed E-state index contributed by atoms with van der Waals surface area (Å²) in [6, 6.07) is 34.1. The van der Waals surface area contributed by atoms with E-state index in [2.05, 4.69) is 4.99 Å². The second kappa shape index (κ2) is 11.4. The summed E-state index contributed by atoms with van der Waals surface area (Å²) in [6.45, 7) is 0.761. The molecule has 0 saturated carbocycles. The van der Waals surface area contributed by atoms with Crippen molar-refractivity contribution in [2.24, 2.45) is 4.99 Å². The topological polar surface area (TPSA) is 66.4 Å². The van der Waals surface area contributed by atoms with Crippen LogP contribution < -0.4 is 9.47 Å². The molecule has 0 spiro atoms. The molecule has 0 amide bonds. The average Bonchev–Trinajstić information content (AvgIpc) is 3.42. The summed E-state index contributed by atoms with van der Waals surface area (Å²) in [5, 5.41) is 0. The molecule has 0 bridgehead atoms. The molecule has 0 saturated heterocycles. The molecule has 6 nitrogen and oxygen atoms in total. The molecule has 0 unspecified atom stereocenters. The number of carbonyl (C=O) groups excluding carboxylic acids is 1. The van der Waals surface area contributed by atoms with Crippen LogP contribution in [0.4, 0.5) is 0 Å². The summed E-state index contributed by atoms with van der Waals surface area (Å²) in [6.07, 6.45) is -0.662. The number of esters is 1. The molecule has 1 aliphatic heterocycles. The van der Waals surface area contributed by atoms with Gasteiger partial charge in [0.05, 0.1) is 7.11 Å². The largest absolute Gasteiger partial charge is 0.485 e. The van der Waals surface area contributed by atoms with Crippen LogP contribution in [0.1, 0.15) is 28.4 Å². The lowest BCUT2D eigenvalue weighted by atomic mass is 10.0. The van der Waals surface area contributed by atoms with E-state index >= 15 is 0 Å². The Hall–Kier alpha value is -4.58. The minimum atomic E-state index is -0.835. The summed E-state index contributed by atoms with van der Waals surface area (Å²) >= 11 is 0. The number of methoxy groups -OCH3 is 1. The standard InChI is InChI=1S/C31H27NO5/c1-34-31(33)28-29(37-30(32-28)24-15-9-4-10-16-24)25-17-18-26(35-20-22-11-5-2-6-12-22)27(19-25)36-21-23-13-7-3-8-14-23/h2-19,28-29H,20-21H2,1H3/t28-,29+/m0/s1. The number of ether oxygens (including phenoxy) is 4. The molecule has 1 heterocycles. The van der Waals surface area contributed by atoms with E-state index in [9.17, 15) is 4.79 Å². The molecule has 4 aromatic rings. The van der Waals surface area contributed by atoms with E-state index in [-0.39, 0.29) is 0 Å². The van der Waals surface area contributed by atoms with Gasteiger partial charge in [-0.2, -0.15) is 0 Å². The maximum Gasteiger partial charge on any atom is 0.335 e. The van der Waals surface area contributed by atoms with Gasteiger partial charge >= 0.3 is 5.97 Å². The molecule has 5 rings (SSSR count). The summed E-state index contributed by atoms with van der Waals surface area (Å²) in [5.41, 5.74) is 3.61. The zero-order valence-corrected chi connectivity index (χ0v) is 20.4. The third-order valence-electron chi connectivity index (χ3n) is 6.02. The Bertz CT molecular complexity index is 1360. The van der Waals surface area contributed by atoms with Crippen molar-refractivity contribution in [1.29, 1.82) is 0 Å². The van der Waals surface area contributed by atoms with Crippen molar-refractivity contribution in [2.45, 2.75) is 25.4 Å².